The minimum atomic E-state index is 0.406. The summed E-state index contributed by atoms with van der Waals surface area (Å²) in [6.07, 6.45) is 10.1. The zero-order valence-electron chi connectivity index (χ0n) is 11.6. The summed E-state index contributed by atoms with van der Waals surface area (Å²) in [5, 5.41) is 0. The van der Waals surface area contributed by atoms with Crippen molar-refractivity contribution < 1.29 is 9.47 Å². The van der Waals surface area contributed by atoms with Crippen molar-refractivity contribution in [3.05, 3.63) is 0 Å². The van der Waals surface area contributed by atoms with Crippen LogP contribution in [0.25, 0.3) is 0 Å². The molecular weight excluding hydrogens is 226 g/mol. The van der Waals surface area contributed by atoms with E-state index >= 15 is 0 Å². The maximum Gasteiger partial charge on any atom is 0.0469 e. The molecule has 0 aromatic heterocycles. The second kappa shape index (κ2) is 8.13. The average Bonchev–Trinajstić information content (AvgIpc) is 2.45. The lowest BCUT2D eigenvalue weighted by molar-refractivity contribution is 0.0563. The van der Waals surface area contributed by atoms with Gasteiger partial charge in [-0.05, 0) is 43.9 Å². The highest BCUT2D eigenvalue weighted by atomic mass is 16.5. The first-order valence-electron chi connectivity index (χ1n) is 7.77. The van der Waals surface area contributed by atoms with Crippen LogP contribution >= 0.6 is 0 Å². The number of hydrogen-bond donors (Lipinski definition) is 1. The van der Waals surface area contributed by atoms with Crippen LogP contribution in [0.5, 0.6) is 0 Å². The van der Waals surface area contributed by atoms with Crippen LogP contribution in [0.3, 0.4) is 0 Å². The topological polar surface area (TPSA) is 44.5 Å². The molecule has 0 amide bonds. The van der Waals surface area contributed by atoms with Crippen LogP contribution in [-0.4, -0.2) is 32.5 Å². The van der Waals surface area contributed by atoms with E-state index in [4.69, 9.17) is 15.2 Å². The predicted octanol–water partition coefficient (Wildman–Crippen LogP) is 2.73. The molecule has 2 fully saturated rings. The van der Waals surface area contributed by atoms with Gasteiger partial charge in [-0.3, -0.25) is 0 Å². The summed E-state index contributed by atoms with van der Waals surface area (Å²) < 4.78 is 10.8. The third-order valence-corrected chi connectivity index (χ3v) is 4.61. The van der Waals surface area contributed by atoms with Crippen molar-refractivity contribution in [2.75, 3.05) is 26.4 Å². The molecule has 0 aromatic carbocycles. The first-order chi connectivity index (χ1) is 8.86. The molecule has 0 saturated carbocycles. The number of unbranched alkanes of at least 4 members (excludes halogenated alkanes) is 1. The van der Waals surface area contributed by atoms with Gasteiger partial charge in [-0.2, -0.15) is 0 Å². The molecule has 0 bridgehead atoms. The van der Waals surface area contributed by atoms with E-state index in [9.17, 15) is 0 Å². The van der Waals surface area contributed by atoms with Crippen molar-refractivity contribution in [3.8, 4) is 0 Å². The van der Waals surface area contributed by atoms with Gasteiger partial charge < -0.3 is 15.2 Å². The molecule has 0 aliphatic carbocycles. The van der Waals surface area contributed by atoms with E-state index in [1.54, 1.807) is 0 Å². The molecule has 3 heteroatoms. The van der Waals surface area contributed by atoms with Gasteiger partial charge in [0.2, 0.25) is 0 Å². The lowest BCUT2D eigenvalue weighted by Gasteiger charge is -2.28. The van der Waals surface area contributed by atoms with Crippen LogP contribution in [0.4, 0.5) is 0 Å². The first-order valence-corrected chi connectivity index (χ1v) is 7.77. The molecule has 106 valence electrons. The summed E-state index contributed by atoms with van der Waals surface area (Å²) in [5.41, 5.74) is 6.29. The molecule has 18 heavy (non-hydrogen) atoms. The molecule has 1 atom stereocenters. The number of hydrogen-bond acceptors (Lipinski definition) is 3. The largest absolute Gasteiger partial charge is 0.381 e. The lowest BCUT2D eigenvalue weighted by Crippen LogP contribution is -2.34. The van der Waals surface area contributed by atoms with Gasteiger partial charge in [0.1, 0.15) is 0 Å². The van der Waals surface area contributed by atoms with Crippen LogP contribution in [0, 0.1) is 11.8 Å². The van der Waals surface area contributed by atoms with Gasteiger partial charge in [-0.25, -0.2) is 0 Å². The fourth-order valence-corrected chi connectivity index (χ4v) is 3.23. The molecule has 2 aliphatic heterocycles. The van der Waals surface area contributed by atoms with Crippen LogP contribution < -0.4 is 5.73 Å². The zero-order valence-corrected chi connectivity index (χ0v) is 11.6. The number of ether oxygens (including phenoxy) is 2. The minimum Gasteiger partial charge on any atom is -0.381 e. The lowest BCUT2D eigenvalue weighted by atomic mass is 9.88. The summed E-state index contributed by atoms with van der Waals surface area (Å²) in [7, 11) is 0. The Labute approximate surface area is 111 Å². The maximum atomic E-state index is 6.29. The van der Waals surface area contributed by atoms with Crippen molar-refractivity contribution >= 4 is 0 Å². The van der Waals surface area contributed by atoms with E-state index < -0.39 is 0 Å². The van der Waals surface area contributed by atoms with Gasteiger partial charge in [-0.1, -0.05) is 19.3 Å². The summed E-state index contributed by atoms with van der Waals surface area (Å²) >= 11 is 0. The fraction of sp³-hybridized carbons (Fsp3) is 1.00. The Hall–Kier alpha value is -0.120. The zero-order chi connectivity index (χ0) is 12.6. The summed E-state index contributed by atoms with van der Waals surface area (Å²) in [5.74, 6) is 1.62. The van der Waals surface area contributed by atoms with Gasteiger partial charge in [0.15, 0.2) is 0 Å². The molecule has 0 aromatic rings. The average molecular weight is 255 g/mol. The third kappa shape index (κ3) is 4.87. The normalized spacial score (nSPS) is 25.2. The number of nitrogens with two attached hydrogens (primary N) is 1. The number of rotatable bonds is 6. The Bertz CT molecular complexity index is 211. The highest BCUT2D eigenvalue weighted by Gasteiger charge is 2.20. The molecule has 2 N–H and O–H groups in total. The van der Waals surface area contributed by atoms with Gasteiger partial charge in [0.05, 0.1) is 0 Å². The van der Waals surface area contributed by atoms with E-state index in [0.717, 1.165) is 32.3 Å². The van der Waals surface area contributed by atoms with E-state index in [1.165, 1.54) is 51.4 Å². The maximum absolute atomic E-state index is 6.29. The highest BCUT2D eigenvalue weighted by molar-refractivity contribution is 4.75. The summed E-state index contributed by atoms with van der Waals surface area (Å²) in [6.45, 7) is 3.79. The van der Waals surface area contributed by atoms with E-state index in [2.05, 4.69) is 0 Å². The fourth-order valence-electron chi connectivity index (χ4n) is 3.23. The molecule has 2 saturated heterocycles. The van der Waals surface area contributed by atoms with Crippen LogP contribution in [0.1, 0.15) is 51.4 Å². The van der Waals surface area contributed by atoms with Gasteiger partial charge in [0, 0.05) is 32.5 Å². The molecular formula is C15H29NO2. The van der Waals surface area contributed by atoms with Gasteiger partial charge in [0.25, 0.3) is 0 Å². The van der Waals surface area contributed by atoms with E-state index in [1.807, 2.05) is 0 Å². The second-order valence-electron chi connectivity index (χ2n) is 5.95. The standard InChI is InChI=1S/C15H29NO2/c16-15(14-7-11-18-12-8-14)4-2-1-3-13-5-9-17-10-6-13/h13-15H,1-12,16H2. The predicted molar refractivity (Wildman–Crippen MR) is 73.5 cm³/mol. The smallest absolute Gasteiger partial charge is 0.0469 e. The molecule has 0 radical (unpaired) electrons. The highest BCUT2D eigenvalue weighted by Crippen LogP contribution is 2.24. The van der Waals surface area contributed by atoms with Crippen molar-refractivity contribution in [1.82, 2.24) is 0 Å². The molecule has 0 spiro atoms. The Balaban J connectivity index is 1.51. The van der Waals surface area contributed by atoms with Crippen molar-refractivity contribution in [3.63, 3.8) is 0 Å². The van der Waals surface area contributed by atoms with Crippen molar-refractivity contribution in [2.45, 2.75) is 57.4 Å². The summed E-state index contributed by atoms with van der Waals surface area (Å²) in [6, 6.07) is 0.406. The minimum absolute atomic E-state index is 0.406. The Morgan fingerprint density at radius 2 is 1.50 bits per heavy atom. The van der Waals surface area contributed by atoms with Crippen molar-refractivity contribution in [2.24, 2.45) is 17.6 Å². The second-order valence-corrected chi connectivity index (χ2v) is 5.95. The van der Waals surface area contributed by atoms with Crippen LogP contribution in [0.15, 0.2) is 0 Å². The van der Waals surface area contributed by atoms with E-state index in [-0.39, 0.29) is 0 Å². The van der Waals surface area contributed by atoms with Gasteiger partial charge >= 0.3 is 0 Å². The molecule has 1 unspecified atom stereocenters. The molecule has 2 aliphatic rings. The summed E-state index contributed by atoms with van der Waals surface area (Å²) in [4.78, 5) is 0. The monoisotopic (exact) mass is 255 g/mol. The van der Waals surface area contributed by atoms with Crippen LogP contribution in [-0.2, 0) is 9.47 Å². The SMILES string of the molecule is NC(CCCCC1CCOCC1)C1CCOCC1. The molecule has 2 heterocycles. The van der Waals surface area contributed by atoms with E-state index in [0.29, 0.717) is 12.0 Å². The molecule has 2 rings (SSSR count). The van der Waals surface area contributed by atoms with Crippen LogP contribution in [0.2, 0.25) is 0 Å². The Kier molecular flexibility index (Phi) is 6.46. The third-order valence-electron chi connectivity index (χ3n) is 4.61. The Morgan fingerprint density at radius 3 is 2.17 bits per heavy atom. The van der Waals surface area contributed by atoms with Crippen molar-refractivity contribution in [1.29, 1.82) is 0 Å². The first kappa shape index (κ1) is 14.3. The van der Waals surface area contributed by atoms with Gasteiger partial charge in [-0.15, -0.1) is 0 Å². The quantitative estimate of drug-likeness (QED) is 0.742. The molecule has 3 nitrogen and oxygen atoms in total. The Morgan fingerprint density at radius 1 is 0.889 bits per heavy atom.